The van der Waals surface area contributed by atoms with E-state index in [4.69, 9.17) is 4.74 Å². The minimum atomic E-state index is -0.00337. The summed E-state index contributed by atoms with van der Waals surface area (Å²) in [7, 11) is 0. The number of amides is 1. The predicted octanol–water partition coefficient (Wildman–Crippen LogP) is 1.71. The minimum Gasteiger partial charge on any atom is -0.378 e. The van der Waals surface area contributed by atoms with Gasteiger partial charge in [0.05, 0.1) is 31.1 Å². The zero-order valence-corrected chi connectivity index (χ0v) is 12.9. The van der Waals surface area contributed by atoms with E-state index in [-0.39, 0.29) is 5.91 Å². The van der Waals surface area contributed by atoms with E-state index in [1.807, 2.05) is 24.3 Å². The van der Waals surface area contributed by atoms with Crippen molar-refractivity contribution in [1.29, 1.82) is 0 Å². The van der Waals surface area contributed by atoms with Crippen molar-refractivity contribution >= 4 is 17.3 Å². The van der Waals surface area contributed by atoms with E-state index in [0.29, 0.717) is 12.5 Å². The number of para-hydroxylation sites is 2. The van der Waals surface area contributed by atoms with Crippen molar-refractivity contribution < 1.29 is 9.53 Å². The third kappa shape index (κ3) is 5.02. The first-order chi connectivity index (χ1) is 10.2. The van der Waals surface area contributed by atoms with Crippen LogP contribution in [-0.4, -0.2) is 45.3 Å². The Bertz CT molecular complexity index is 457. The van der Waals surface area contributed by atoms with Gasteiger partial charge in [-0.3, -0.25) is 4.79 Å². The van der Waals surface area contributed by atoms with E-state index in [1.165, 1.54) is 0 Å². The first kappa shape index (κ1) is 15.8. The average Bonchev–Trinajstić information content (AvgIpc) is 2.48. The summed E-state index contributed by atoms with van der Waals surface area (Å²) in [4.78, 5) is 14.3. The van der Waals surface area contributed by atoms with Crippen molar-refractivity contribution in [3.63, 3.8) is 0 Å². The van der Waals surface area contributed by atoms with Gasteiger partial charge in [-0.15, -0.1) is 0 Å². The summed E-state index contributed by atoms with van der Waals surface area (Å²) in [5, 5.41) is 6.16. The Hall–Kier alpha value is -1.59. The molecule has 0 radical (unpaired) electrons. The molecule has 0 bridgehead atoms. The summed E-state index contributed by atoms with van der Waals surface area (Å²) in [6, 6.07) is 7.94. The first-order valence-corrected chi connectivity index (χ1v) is 7.59. The number of ether oxygens (including phenoxy) is 1. The lowest BCUT2D eigenvalue weighted by Crippen LogP contribution is -2.37. The molecule has 21 heavy (non-hydrogen) atoms. The molecule has 1 aliphatic heterocycles. The standard InChI is InChI=1S/C16H25N3O2/c1-13(2)11-17-12-16(20)18-14-5-3-4-6-15(14)19-7-9-21-10-8-19/h3-6,13,17H,7-12H2,1-2H3,(H,18,20). The molecule has 0 aliphatic carbocycles. The van der Waals surface area contributed by atoms with Gasteiger partial charge >= 0.3 is 0 Å². The van der Waals surface area contributed by atoms with Crippen LogP contribution in [-0.2, 0) is 9.53 Å². The number of carbonyl (C=O) groups is 1. The van der Waals surface area contributed by atoms with Crippen LogP contribution in [0.25, 0.3) is 0 Å². The monoisotopic (exact) mass is 291 g/mol. The van der Waals surface area contributed by atoms with Gasteiger partial charge in [0.15, 0.2) is 0 Å². The van der Waals surface area contributed by atoms with Crippen molar-refractivity contribution in [2.24, 2.45) is 5.92 Å². The molecular weight excluding hydrogens is 266 g/mol. The molecule has 0 saturated carbocycles. The second-order valence-electron chi connectivity index (χ2n) is 5.69. The zero-order valence-electron chi connectivity index (χ0n) is 12.9. The average molecular weight is 291 g/mol. The van der Waals surface area contributed by atoms with E-state index >= 15 is 0 Å². The summed E-state index contributed by atoms with van der Waals surface area (Å²) < 4.78 is 5.38. The van der Waals surface area contributed by atoms with Gasteiger partial charge in [0.25, 0.3) is 0 Å². The summed E-state index contributed by atoms with van der Waals surface area (Å²) in [5.41, 5.74) is 1.94. The summed E-state index contributed by atoms with van der Waals surface area (Å²) in [6.07, 6.45) is 0. The van der Waals surface area contributed by atoms with Crippen molar-refractivity contribution in [2.75, 3.05) is 49.6 Å². The third-order valence-corrected chi connectivity index (χ3v) is 3.37. The fourth-order valence-electron chi connectivity index (χ4n) is 2.33. The van der Waals surface area contributed by atoms with E-state index in [0.717, 1.165) is 44.2 Å². The van der Waals surface area contributed by atoms with Crippen LogP contribution in [0.2, 0.25) is 0 Å². The van der Waals surface area contributed by atoms with Crippen molar-refractivity contribution in [1.82, 2.24) is 5.32 Å². The van der Waals surface area contributed by atoms with Gasteiger partial charge < -0.3 is 20.3 Å². The molecule has 1 aromatic rings. The first-order valence-electron chi connectivity index (χ1n) is 7.59. The lowest BCUT2D eigenvalue weighted by Gasteiger charge is -2.30. The van der Waals surface area contributed by atoms with Crippen LogP contribution in [0.15, 0.2) is 24.3 Å². The van der Waals surface area contributed by atoms with Crippen LogP contribution >= 0.6 is 0 Å². The molecule has 116 valence electrons. The molecule has 5 heteroatoms. The molecule has 1 saturated heterocycles. The molecule has 2 N–H and O–H groups in total. The van der Waals surface area contributed by atoms with Crippen molar-refractivity contribution in [2.45, 2.75) is 13.8 Å². The lowest BCUT2D eigenvalue weighted by molar-refractivity contribution is -0.115. The number of rotatable bonds is 6. The summed E-state index contributed by atoms with van der Waals surface area (Å²) >= 11 is 0. The molecule has 0 atom stereocenters. The molecule has 0 unspecified atom stereocenters. The SMILES string of the molecule is CC(C)CNCC(=O)Nc1ccccc1N1CCOCC1. The van der Waals surface area contributed by atoms with Crippen LogP contribution in [0, 0.1) is 5.92 Å². The highest BCUT2D eigenvalue weighted by molar-refractivity contribution is 5.95. The Labute approximate surface area is 126 Å². The molecule has 0 spiro atoms. The zero-order chi connectivity index (χ0) is 15.1. The van der Waals surface area contributed by atoms with Crippen LogP contribution in [0.1, 0.15) is 13.8 Å². The van der Waals surface area contributed by atoms with Crippen molar-refractivity contribution in [3.8, 4) is 0 Å². The fraction of sp³-hybridized carbons (Fsp3) is 0.562. The van der Waals surface area contributed by atoms with Gasteiger partial charge in [-0.05, 0) is 24.6 Å². The van der Waals surface area contributed by atoms with Gasteiger partial charge in [-0.2, -0.15) is 0 Å². The van der Waals surface area contributed by atoms with E-state index in [1.54, 1.807) is 0 Å². The Morgan fingerprint density at radius 2 is 2.00 bits per heavy atom. The quantitative estimate of drug-likeness (QED) is 0.838. The Kier molecular flexibility index (Phi) is 6.02. The van der Waals surface area contributed by atoms with Gasteiger partial charge in [-0.1, -0.05) is 26.0 Å². The second kappa shape index (κ2) is 8.00. The summed E-state index contributed by atoms with van der Waals surface area (Å²) in [6.45, 7) is 8.62. The van der Waals surface area contributed by atoms with Gasteiger partial charge in [0.2, 0.25) is 5.91 Å². The fourth-order valence-corrected chi connectivity index (χ4v) is 2.33. The Balaban J connectivity index is 1.94. The van der Waals surface area contributed by atoms with Crippen molar-refractivity contribution in [3.05, 3.63) is 24.3 Å². The van der Waals surface area contributed by atoms with Gasteiger partial charge in [-0.25, -0.2) is 0 Å². The normalized spacial score (nSPS) is 15.3. The van der Waals surface area contributed by atoms with E-state index < -0.39 is 0 Å². The maximum atomic E-state index is 12.0. The number of anilines is 2. The largest absolute Gasteiger partial charge is 0.378 e. The Morgan fingerprint density at radius 3 is 2.71 bits per heavy atom. The third-order valence-electron chi connectivity index (χ3n) is 3.37. The number of carbonyl (C=O) groups excluding carboxylic acids is 1. The second-order valence-corrected chi connectivity index (χ2v) is 5.69. The minimum absolute atomic E-state index is 0.00337. The number of nitrogens with one attached hydrogen (secondary N) is 2. The maximum Gasteiger partial charge on any atom is 0.238 e. The molecule has 1 amide bonds. The molecule has 2 rings (SSSR count). The topological polar surface area (TPSA) is 53.6 Å². The number of nitrogens with zero attached hydrogens (tertiary/aromatic N) is 1. The van der Waals surface area contributed by atoms with E-state index in [9.17, 15) is 4.79 Å². The van der Waals surface area contributed by atoms with Crippen LogP contribution in [0.4, 0.5) is 11.4 Å². The molecular formula is C16H25N3O2. The highest BCUT2D eigenvalue weighted by atomic mass is 16.5. The molecule has 1 aromatic carbocycles. The number of benzene rings is 1. The highest BCUT2D eigenvalue weighted by Gasteiger charge is 2.15. The van der Waals surface area contributed by atoms with Crippen LogP contribution in [0.3, 0.4) is 0 Å². The number of hydrogen-bond donors (Lipinski definition) is 2. The summed E-state index contributed by atoms with van der Waals surface area (Å²) in [5.74, 6) is 0.537. The molecule has 1 heterocycles. The van der Waals surface area contributed by atoms with E-state index in [2.05, 4.69) is 29.4 Å². The highest BCUT2D eigenvalue weighted by Crippen LogP contribution is 2.26. The van der Waals surface area contributed by atoms with Gasteiger partial charge in [0, 0.05) is 13.1 Å². The molecule has 1 fully saturated rings. The maximum absolute atomic E-state index is 12.0. The molecule has 0 aromatic heterocycles. The lowest BCUT2D eigenvalue weighted by atomic mass is 10.2. The number of morpholine rings is 1. The molecule has 1 aliphatic rings. The van der Waals surface area contributed by atoms with Crippen LogP contribution in [0.5, 0.6) is 0 Å². The number of hydrogen-bond acceptors (Lipinski definition) is 4. The predicted molar refractivity (Wildman–Crippen MR) is 85.8 cm³/mol. The van der Waals surface area contributed by atoms with Gasteiger partial charge in [0.1, 0.15) is 0 Å². The molecule has 5 nitrogen and oxygen atoms in total. The Morgan fingerprint density at radius 1 is 1.29 bits per heavy atom. The van der Waals surface area contributed by atoms with Crippen LogP contribution < -0.4 is 15.5 Å². The smallest absolute Gasteiger partial charge is 0.238 e.